The molecule has 0 bridgehead atoms. The van der Waals surface area contributed by atoms with Gasteiger partial charge in [0.2, 0.25) is 0 Å². The molecule has 0 amide bonds. The third-order valence-electron chi connectivity index (χ3n) is 2.40. The molecule has 0 atom stereocenters. The zero-order valence-corrected chi connectivity index (χ0v) is 8.88. The molecule has 0 fully saturated rings. The Morgan fingerprint density at radius 1 is 1.31 bits per heavy atom. The molecule has 80 valence electrons. The number of nitrogens with one attached hydrogen (secondary N) is 1. The fourth-order valence-electron chi connectivity index (χ4n) is 1.70. The summed E-state index contributed by atoms with van der Waals surface area (Å²) in [6.07, 6.45) is 4.64. The standard InChI is InChI=1S/C11H11N5/c1-8-12-10(15-14-8)6-9-7-16-5-3-2-4-11(16)13-9/h2-5,7H,6H2,1H3,(H,12,14,15). The van der Waals surface area contributed by atoms with Crippen LogP contribution in [0, 0.1) is 6.92 Å². The summed E-state index contributed by atoms with van der Waals surface area (Å²) in [6.45, 7) is 1.89. The first-order valence-corrected chi connectivity index (χ1v) is 5.12. The SMILES string of the molecule is Cc1nc(Cc2cn3ccccc3n2)n[nH]1. The number of nitrogens with zero attached hydrogens (tertiary/aromatic N) is 4. The van der Waals surface area contributed by atoms with E-state index in [4.69, 9.17) is 0 Å². The van der Waals surface area contributed by atoms with Gasteiger partial charge in [-0.05, 0) is 19.1 Å². The van der Waals surface area contributed by atoms with Crippen LogP contribution in [0.25, 0.3) is 5.65 Å². The molecule has 0 saturated heterocycles. The monoisotopic (exact) mass is 213 g/mol. The number of aromatic nitrogens is 5. The molecule has 0 aliphatic heterocycles. The fourth-order valence-corrected chi connectivity index (χ4v) is 1.70. The van der Waals surface area contributed by atoms with E-state index in [-0.39, 0.29) is 0 Å². The van der Waals surface area contributed by atoms with Gasteiger partial charge in [0.15, 0.2) is 5.82 Å². The Balaban J connectivity index is 1.95. The Hall–Kier alpha value is -2.17. The van der Waals surface area contributed by atoms with Crippen molar-refractivity contribution in [1.29, 1.82) is 0 Å². The van der Waals surface area contributed by atoms with Crippen molar-refractivity contribution in [3.63, 3.8) is 0 Å². The van der Waals surface area contributed by atoms with E-state index in [2.05, 4.69) is 20.2 Å². The van der Waals surface area contributed by atoms with Crippen molar-refractivity contribution < 1.29 is 0 Å². The van der Waals surface area contributed by atoms with E-state index in [1.54, 1.807) is 0 Å². The van der Waals surface area contributed by atoms with Gasteiger partial charge in [0.05, 0.1) is 12.1 Å². The van der Waals surface area contributed by atoms with E-state index in [1.165, 1.54) is 0 Å². The molecular formula is C11H11N5. The predicted molar refractivity (Wildman–Crippen MR) is 59.1 cm³/mol. The number of hydrogen-bond donors (Lipinski definition) is 1. The summed E-state index contributed by atoms with van der Waals surface area (Å²) < 4.78 is 1.99. The molecule has 16 heavy (non-hydrogen) atoms. The number of aromatic amines is 1. The van der Waals surface area contributed by atoms with Crippen molar-refractivity contribution in [1.82, 2.24) is 24.6 Å². The Labute approximate surface area is 92.2 Å². The number of imidazole rings is 1. The molecular weight excluding hydrogens is 202 g/mol. The van der Waals surface area contributed by atoms with E-state index >= 15 is 0 Å². The summed E-state index contributed by atoms with van der Waals surface area (Å²) in [5, 5.41) is 6.92. The Bertz CT molecular complexity index is 589. The van der Waals surface area contributed by atoms with Crippen molar-refractivity contribution in [2.75, 3.05) is 0 Å². The molecule has 3 heterocycles. The second-order valence-corrected chi connectivity index (χ2v) is 3.71. The molecule has 0 aromatic carbocycles. The van der Waals surface area contributed by atoms with Crippen LogP contribution >= 0.6 is 0 Å². The minimum Gasteiger partial charge on any atom is -0.307 e. The van der Waals surface area contributed by atoms with Crippen molar-refractivity contribution in [3.05, 3.63) is 47.9 Å². The first kappa shape index (κ1) is 9.08. The molecule has 0 spiro atoms. The van der Waals surface area contributed by atoms with Crippen LogP contribution in [0.15, 0.2) is 30.6 Å². The van der Waals surface area contributed by atoms with Crippen LogP contribution in [0.2, 0.25) is 0 Å². The molecule has 1 N–H and O–H groups in total. The minimum absolute atomic E-state index is 0.659. The molecule has 0 aliphatic rings. The van der Waals surface area contributed by atoms with Crippen molar-refractivity contribution >= 4 is 5.65 Å². The maximum absolute atomic E-state index is 4.49. The normalized spacial score (nSPS) is 11.1. The summed E-state index contributed by atoms with van der Waals surface area (Å²) in [4.78, 5) is 8.75. The first-order valence-electron chi connectivity index (χ1n) is 5.12. The molecule has 0 saturated carbocycles. The van der Waals surface area contributed by atoms with E-state index in [9.17, 15) is 0 Å². The van der Waals surface area contributed by atoms with Gasteiger partial charge in [0, 0.05) is 12.4 Å². The second kappa shape index (κ2) is 3.44. The summed E-state index contributed by atoms with van der Waals surface area (Å²) in [5.74, 6) is 1.61. The number of hydrogen-bond acceptors (Lipinski definition) is 3. The average molecular weight is 213 g/mol. The topological polar surface area (TPSA) is 58.9 Å². The van der Waals surface area contributed by atoms with Gasteiger partial charge >= 0.3 is 0 Å². The van der Waals surface area contributed by atoms with E-state index in [0.717, 1.165) is 23.0 Å². The molecule has 3 aromatic rings. The summed E-state index contributed by atoms with van der Waals surface area (Å²) in [5.41, 5.74) is 1.93. The maximum atomic E-state index is 4.49. The molecule has 3 rings (SSSR count). The van der Waals surface area contributed by atoms with Gasteiger partial charge in [-0.1, -0.05) is 6.07 Å². The largest absolute Gasteiger partial charge is 0.307 e. The second-order valence-electron chi connectivity index (χ2n) is 3.71. The lowest BCUT2D eigenvalue weighted by molar-refractivity contribution is 0.951. The van der Waals surface area contributed by atoms with Crippen LogP contribution in [0.5, 0.6) is 0 Å². The van der Waals surface area contributed by atoms with Crippen LogP contribution < -0.4 is 0 Å². The zero-order chi connectivity index (χ0) is 11.0. The van der Waals surface area contributed by atoms with Crippen LogP contribution in [0.4, 0.5) is 0 Å². The molecule has 0 radical (unpaired) electrons. The Morgan fingerprint density at radius 2 is 2.25 bits per heavy atom. The Morgan fingerprint density at radius 3 is 3.00 bits per heavy atom. The maximum Gasteiger partial charge on any atom is 0.156 e. The summed E-state index contributed by atoms with van der Waals surface area (Å²) >= 11 is 0. The number of H-pyrrole nitrogens is 1. The highest BCUT2D eigenvalue weighted by Crippen LogP contribution is 2.07. The summed E-state index contributed by atoms with van der Waals surface area (Å²) in [7, 11) is 0. The molecule has 5 nitrogen and oxygen atoms in total. The van der Waals surface area contributed by atoms with Crippen molar-refractivity contribution in [2.45, 2.75) is 13.3 Å². The highest BCUT2D eigenvalue weighted by Gasteiger charge is 2.05. The van der Waals surface area contributed by atoms with E-state index < -0.39 is 0 Å². The highest BCUT2D eigenvalue weighted by molar-refractivity contribution is 5.39. The van der Waals surface area contributed by atoms with Gasteiger partial charge in [-0.2, -0.15) is 5.10 Å². The number of aryl methyl sites for hydroxylation is 1. The van der Waals surface area contributed by atoms with Crippen LogP contribution in [0.3, 0.4) is 0 Å². The van der Waals surface area contributed by atoms with Gasteiger partial charge in [-0.3, -0.25) is 5.10 Å². The molecule has 0 unspecified atom stereocenters. The number of pyridine rings is 1. The van der Waals surface area contributed by atoms with E-state index in [1.807, 2.05) is 41.9 Å². The lowest BCUT2D eigenvalue weighted by Crippen LogP contribution is -1.90. The Kier molecular flexibility index (Phi) is 1.96. The van der Waals surface area contributed by atoms with Gasteiger partial charge < -0.3 is 4.40 Å². The zero-order valence-electron chi connectivity index (χ0n) is 8.88. The quantitative estimate of drug-likeness (QED) is 0.699. The first-order chi connectivity index (χ1) is 7.81. The third-order valence-corrected chi connectivity index (χ3v) is 2.40. The van der Waals surface area contributed by atoms with Crippen LogP contribution in [-0.4, -0.2) is 24.6 Å². The van der Waals surface area contributed by atoms with Gasteiger partial charge in [0.25, 0.3) is 0 Å². The lowest BCUT2D eigenvalue weighted by atomic mass is 10.3. The smallest absolute Gasteiger partial charge is 0.156 e. The van der Waals surface area contributed by atoms with Crippen LogP contribution in [-0.2, 0) is 6.42 Å². The summed E-state index contributed by atoms with van der Waals surface area (Å²) in [6, 6.07) is 5.94. The van der Waals surface area contributed by atoms with Crippen molar-refractivity contribution in [2.24, 2.45) is 0 Å². The van der Waals surface area contributed by atoms with Crippen molar-refractivity contribution in [3.8, 4) is 0 Å². The molecule has 3 aromatic heterocycles. The minimum atomic E-state index is 0.659. The number of fused-ring (bicyclic) bond motifs is 1. The van der Waals surface area contributed by atoms with Gasteiger partial charge in [-0.25, -0.2) is 9.97 Å². The highest BCUT2D eigenvalue weighted by atomic mass is 15.2. The predicted octanol–water partition coefficient (Wildman–Crippen LogP) is 1.35. The lowest BCUT2D eigenvalue weighted by Gasteiger charge is -1.87. The molecule has 5 heteroatoms. The molecule has 0 aliphatic carbocycles. The van der Waals surface area contributed by atoms with Crippen LogP contribution in [0.1, 0.15) is 17.3 Å². The van der Waals surface area contributed by atoms with E-state index in [0.29, 0.717) is 6.42 Å². The van der Waals surface area contributed by atoms with Gasteiger partial charge in [-0.15, -0.1) is 0 Å². The van der Waals surface area contributed by atoms with Gasteiger partial charge in [0.1, 0.15) is 11.5 Å². The fraction of sp³-hybridized carbons (Fsp3) is 0.182. The number of rotatable bonds is 2. The average Bonchev–Trinajstić information content (AvgIpc) is 2.84. The third kappa shape index (κ3) is 1.56.